The minimum absolute atomic E-state index is 0.0565. The van der Waals surface area contributed by atoms with Gasteiger partial charge in [0, 0.05) is 18.8 Å². The lowest BCUT2D eigenvalue weighted by molar-refractivity contribution is -0.136. The Morgan fingerprint density at radius 2 is 2.06 bits per heavy atom. The number of carbonyl (C=O) groups is 2. The molecule has 0 aromatic heterocycles. The number of halogens is 1. The molecule has 18 heavy (non-hydrogen) atoms. The fraction of sp³-hybridized carbons (Fsp3) is 0.333. The molecule has 2 amide bonds. The largest absolute Gasteiger partial charge is 0.396 e. The van der Waals surface area contributed by atoms with Gasteiger partial charge < -0.3 is 15.7 Å². The summed E-state index contributed by atoms with van der Waals surface area (Å²) in [6.45, 7) is 1.73. The van der Waals surface area contributed by atoms with E-state index < -0.39 is 11.8 Å². The van der Waals surface area contributed by atoms with Crippen LogP contribution in [0.25, 0.3) is 0 Å². The van der Waals surface area contributed by atoms with Crippen molar-refractivity contribution < 1.29 is 19.1 Å². The number of carbonyl (C=O) groups excluding carboxylic acids is 2. The maximum atomic E-state index is 13.0. The van der Waals surface area contributed by atoms with Crippen LogP contribution in [0.3, 0.4) is 0 Å². The van der Waals surface area contributed by atoms with Gasteiger partial charge in [0.15, 0.2) is 0 Å². The van der Waals surface area contributed by atoms with Gasteiger partial charge in [-0.3, -0.25) is 9.59 Å². The molecule has 1 aromatic rings. The maximum Gasteiger partial charge on any atom is 0.313 e. The molecule has 0 aliphatic rings. The van der Waals surface area contributed by atoms with Gasteiger partial charge in [0.05, 0.1) is 0 Å². The third-order valence-electron chi connectivity index (χ3n) is 2.24. The normalized spacial score (nSPS) is 9.94. The summed E-state index contributed by atoms with van der Waals surface area (Å²) in [5.74, 6) is -1.98. The summed E-state index contributed by atoms with van der Waals surface area (Å²) < 4.78 is 13.0. The van der Waals surface area contributed by atoms with E-state index in [0.29, 0.717) is 17.7 Å². The van der Waals surface area contributed by atoms with E-state index in [9.17, 15) is 14.0 Å². The van der Waals surface area contributed by atoms with E-state index >= 15 is 0 Å². The van der Waals surface area contributed by atoms with Crippen LogP contribution in [-0.2, 0) is 9.59 Å². The van der Waals surface area contributed by atoms with Crippen LogP contribution in [0.5, 0.6) is 0 Å². The summed E-state index contributed by atoms with van der Waals surface area (Å²) in [6.07, 6.45) is 0.384. The van der Waals surface area contributed by atoms with Crippen LogP contribution in [0.2, 0.25) is 0 Å². The zero-order valence-corrected chi connectivity index (χ0v) is 10.00. The van der Waals surface area contributed by atoms with Crippen LogP contribution in [0.1, 0.15) is 12.0 Å². The first-order valence-electron chi connectivity index (χ1n) is 5.51. The number of rotatable bonds is 4. The average Bonchev–Trinajstić information content (AvgIpc) is 2.34. The molecular formula is C12H15FN2O3. The minimum atomic E-state index is -0.820. The highest BCUT2D eigenvalue weighted by Gasteiger charge is 2.13. The van der Waals surface area contributed by atoms with E-state index in [1.54, 1.807) is 6.92 Å². The summed E-state index contributed by atoms with van der Waals surface area (Å²) in [5.41, 5.74) is 0.740. The Hall–Kier alpha value is -1.95. The Labute approximate surface area is 104 Å². The molecule has 0 fully saturated rings. The van der Waals surface area contributed by atoms with Gasteiger partial charge in [0.1, 0.15) is 5.82 Å². The van der Waals surface area contributed by atoms with Crippen LogP contribution in [0.4, 0.5) is 10.1 Å². The SMILES string of the molecule is Cc1cc(NC(=O)C(=O)NCCCO)ccc1F. The van der Waals surface area contributed by atoms with Crippen LogP contribution in [0.15, 0.2) is 18.2 Å². The Morgan fingerprint density at radius 1 is 1.33 bits per heavy atom. The summed E-state index contributed by atoms with van der Waals surface area (Å²) in [5, 5.41) is 13.2. The molecule has 0 bridgehead atoms. The smallest absolute Gasteiger partial charge is 0.313 e. The Morgan fingerprint density at radius 3 is 2.67 bits per heavy atom. The van der Waals surface area contributed by atoms with Gasteiger partial charge >= 0.3 is 11.8 Å². The number of nitrogens with one attached hydrogen (secondary N) is 2. The monoisotopic (exact) mass is 254 g/mol. The summed E-state index contributed by atoms with van der Waals surface area (Å²) in [4.78, 5) is 22.7. The molecule has 0 heterocycles. The van der Waals surface area contributed by atoms with Crippen LogP contribution in [0, 0.1) is 12.7 Å². The quantitative estimate of drug-likeness (QED) is 0.543. The Balaban J connectivity index is 2.53. The topological polar surface area (TPSA) is 78.4 Å². The number of hydrogen-bond acceptors (Lipinski definition) is 3. The lowest BCUT2D eigenvalue weighted by Crippen LogP contribution is -2.36. The van der Waals surface area contributed by atoms with Crippen molar-refractivity contribution in [1.82, 2.24) is 5.32 Å². The molecule has 0 aliphatic heterocycles. The summed E-state index contributed by atoms with van der Waals surface area (Å²) >= 11 is 0. The summed E-state index contributed by atoms with van der Waals surface area (Å²) in [6, 6.07) is 4.03. The van der Waals surface area contributed by atoms with Gasteiger partial charge in [-0.2, -0.15) is 0 Å². The van der Waals surface area contributed by atoms with Gasteiger partial charge in [0.2, 0.25) is 0 Å². The van der Waals surface area contributed by atoms with E-state index in [1.165, 1.54) is 18.2 Å². The van der Waals surface area contributed by atoms with Gasteiger partial charge in [-0.15, -0.1) is 0 Å². The van der Waals surface area contributed by atoms with Crippen molar-refractivity contribution in [1.29, 1.82) is 0 Å². The highest BCUT2D eigenvalue weighted by molar-refractivity contribution is 6.39. The van der Waals surface area contributed by atoms with E-state index in [-0.39, 0.29) is 19.0 Å². The molecule has 0 unspecified atom stereocenters. The maximum absolute atomic E-state index is 13.0. The Kier molecular flexibility index (Phi) is 5.26. The van der Waals surface area contributed by atoms with Gasteiger partial charge in [-0.05, 0) is 37.1 Å². The van der Waals surface area contributed by atoms with Crippen molar-refractivity contribution in [2.24, 2.45) is 0 Å². The van der Waals surface area contributed by atoms with Crippen molar-refractivity contribution in [3.8, 4) is 0 Å². The number of benzene rings is 1. The summed E-state index contributed by atoms with van der Waals surface area (Å²) in [7, 11) is 0. The molecule has 0 spiro atoms. The molecule has 3 N–H and O–H groups in total. The van der Waals surface area contributed by atoms with Crippen molar-refractivity contribution in [3.05, 3.63) is 29.6 Å². The molecular weight excluding hydrogens is 239 g/mol. The standard InChI is InChI=1S/C12H15FN2O3/c1-8-7-9(3-4-10(8)13)15-12(18)11(17)14-5-2-6-16/h3-4,7,16H,2,5-6H2,1H3,(H,14,17)(H,15,18). The Bertz CT molecular complexity index is 449. The number of aliphatic hydroxyl groups is 1. The van der Waals surface area contributed by atoms with E-state index in [0.717, 1.165) is 0 Å². The van der Waals surface area contributed by atoms with E-state index in [4.69, 9.17) is 5.11 Å². The van der Waals surface area contributed by atoms with Crippen molar-refractivity contribution in [2.45, 2.75) is 13.3 Å². The second-order valence-corrected chi connectivity index (χ2v) is 3.75. The zero-order valence-electron chi connectivity index (χ0n) is 10.00. The highest BCUT2D eigenvalue weighted by atomic mass is 19.1. The second-order valence-electron chi connectivity index (χ2n) is 3.75. The fourth-order valence-electron chi connectivity index (χ4n) is 1.27. The third-order valence-corrected chi connectivity index (χ3v) is 2.24. The van der Waals surface area contributed by atoms with Crippen LogP contribution >= 0.6 is 0 Å². The first kappa shape index (κ1) is 14.1. The molecule has 1 rings (SSSR count). The lowest BCUT2D eigenvalue weighted by Gasteiger charge is -2.07. The zero-order chi connectivity index (χ0) is 13.5. The lowest BCUT2D eigenvalue weighted by atomic mass is 10.2. The predicted octanol–water partition coefficient (Wildman–Crippen LogP) is 0.571. The van der Waals surface area contributed by atoms with Crippen LogP contribution < -0.4 is 10.6 Å². The number of anilines is 1. The second kappa shape index (κ2) is 6.70. The number of aliphatic hydroxyl groups excluding tert-OH is 1. The first-order chi connectivity index (χ1) is 8.54. The number of amides is 2. The molecule has 6 heteroatoms. The molecule has 0 radical (unpaired) electrons. The molecule has 1 aromatic carbocycles. The van der Waals surface area contributed by atoms with Crippen molar-refractivity contribution >= 4 is 17.5 Å². The number of aryl methyl sites for hydroxylation is 1. The molecule has 0 aliphatic carbocycles. The van der Waals surface area contributed by atoms with Gasteiger partial charge in [-0.1, -0.05) is 0 Å². The van der Waals surface area contributed by atoms with Crippen molar-refractivity contribution in [3.63, 3.8) is 0 Å². The van der Waals surface area contributed by atoms with Gasteiger partial charge in [0.25, 0.3) is 0 Å². The fourth-order valence-corrected chi connectivity index (χ4v) is 1.27. The molecule has 5 nitrogen and oxygen atoms in total. The number of hydrogen-bond donors (Lipinski definition) is 3. The minimum Gasteiger partial charge on any atom is -0.396 e. The molecule has 0 saturated heterocycles. The van der Waals surface area contributed by atoms with Gasteiger partial charge in [-0.25, -0.2) is 4.39 Å². The van der Waals surface area contributed by atoms with E-state index in [1.807, 2.05) is 0 Å². The molecule has 98 valence electrons. The third kappa shape index (κ3) is 4.14. The average molecular weight is 254 g/mol. The predicted molar refractivity (Wildman–Crippen MR) is 64.5 cm³/mol. The van der Waals surface area contributed by atoms with E-state index in [2.05, 4.69) is 10.6 Å². The van der Waals surface area contributed by atoms with Crippen molar-refractivity contribution in [2.75, 3.05) is 18.5 Å². The molecule has 0 saturated carbocycles. The molecule has 0 atom stereocenters. The van der Waals surface area contributed by atoms with Crippen LogP contribution in [-0.4, -0.2) is 30.1 Å². The first-order valence-corrected chi connectivity index (χ1v) is 5.51. The highest BCUT2D eigenvalue weighted by Crippen LogP contribution is 2.13.